The molecule has 0 radical (unpaired) electrons. The highest BCUT2D eigenvalue weighted by Crippen LogP contribution is 2.37. The Hall–Kier alpha value is -7.66. The van der Waals surface area contributed by atoms with Crippen LogP contribution < -0.4 is 10.6 Å². The number of methoxy groups -OCH3 is 2. The lowest BCUT2D eigenvalue weighted by molar-refractivity contribution is -0.135. The average molecular weight is 817 g/mol. The van der Waals surface area contributed by atoms with E-state index in [2.05, 4.69) is 44.0 Å². The van der Waals surface area contributed by atoms with Crippen molar-refractivity contribution in [2.45, 2.75) is 43.4 Å². The van der Waals surface area contributed by atoms with Gasteiger partial charge in [-0.1, -0.05) is 96.8 Å². The molecule has 8 rings (SSSR count). The van der Waals surface area contributed by atoms with Crippen molar-refractivity contribution >= 4 is 35.0 Å². The van der Waals surface area contributed by atoms with Gasteiger partial charge in [0.05, 0.1) is 49.2 Å². The Bertz CT molecular complexity index is 2650. The number of carbonyl (C=O) groups excluding carboxylic acids is 4. The molecule has 4 amide bonds. The molecule has 61 heavy (non-hydrogen) atoms. The molecule has 0 unspecified atom stereocenters. The van der Waals surface area contributed by atoms with E-state index in [0.29, 0.717) is 42.3 Å². The van der Waals surface area contributed by atoms with Crippen LogP contribution in [0.1, 0.15) is 77.3 Å². The van der Waals surface area contributed by atoms with Crippen LogP contribution in [0.3, 0.4) is 0 Å². The summed E-state index contributed by atoms with van der Waals surface area (Å²) in [6.45, 7) is 5.03. The number of amides is 4. The molecule has 2 aliphatic rings. The highest BCUT2D eigenvalue weighted by Gasteiger charge is 2.39. The van der Waals surface area contributed by atoms with Crippen LogP contribution in [0.15, 0.2) is 121 Å². The van der Waals surface area contributed by atoms with Gasteiger partial charge in [0, 0.05) is 24.2 Å². The maximum atomic E-state index is 14.0. The number of hydrogen-bond donors (Lipinski definition) is 4. The molecule has 14 heteroatoms. The molecular formula is C47H44N8O6. The first kappa shape index (κ1) is 40.1. The lowest BCUT2D eigenvalue weighted by Crippen LogP contribution is -2.43. The van der Waals surface area contributed by atoms with Crippen molar-refractivity contribution in [3.05, 3.63) is 155 Å². The van der Waals surface area contributed by atoms with Crippen LogP contribution in [0, 0.1) is 11.8 Å². The number of nitrogens with one attached hydrogen (secondary N) is 4. The van der Waals surface area contributed by atoms with E-state index >= 15 is 0 Å². The van der Waals surface area contributed by atoms with Gasteiger partial charge in [-0.3, -0.25) is 9.59 Å². The molecule has 2 aliphatic heterocycles. The average Bonchev–Trinajstić information content (AvgIpc) is 4.13. The summed E-state index contributed by atoms with van der Waals surface area (Å²) in [5, 5.41) is 5.39. The van der Waals surface area contributed by atoms with Crippen molar-refractivity contribution in [2.75, 3.05) is 27.3 Å². The van der Waals surface area contributed by atoms with Crippen molar-refractivity contribution in [1.29, 1.82) is 0 Å². The van der Waals surface area contributed by atoms with Gasteiger partial charge in [-0.2, -0.15) is 0 Å². The van der Waals surface area contributed by atoms with E-state index in [-0.39, 0.29) is 17.9 Å². The normalized spacial score (nSPS) is 17.0. The summed E-state index contributed by atoms with van der Waals surface area (Å²) in [5.74, 6) is 7.29. The van der Waals surface area contributed by atoms with E-state index in [0.717, 1.165) is 51.8 Å². The number of nitrogens with zero attached hydrogens (tertiary/aromatic N) is 4. The number of fused-ring (bicyclic) bond motifs is 1. The number of aromatic amines is 2. The van der Waals surface area contributed by atoms with E-state index in [1.165, 1.54) is 14.2 Å². The number of ether oxygens (including phenoxy) is 2. The predicted molar refractivity (Wildman–Crippen MR) is 227 cm³/mol. The number of rotatable bonds is 9. The van der Waals surface area contributed by atoms with Crippen molar-refractivity contribution in [3.63, 3.8) is 0 Å². The van der Waals surface area contributed by atoms with Gasteiger partial charge in [-0.15, -0.1) is 0 Å². The second-order valence-electron chi connectivity index (χ2n) is 14.9. The summed E-state index contributed by atoms with van der Waals surface area (Å²) in [6, 6.07) is 29.3. The summed E-state index contributed by atoms with van der Waals surface area (Å²) in [6.07, 6.45) is 2.42. The number of alkyl carbamates (subject to hydrolysis) is 2. The predicted octanol–water partition coefficient (Wildman–Crippen LogP) is 7.04. The van der Waals surface area contributed by atoms with Crippen LogP contribution >= 0.6 is 0 Å². The molecule has 2 saturated heterocycles. The fourth-order valence-corrected chi connectivity index (χ4v) is 7.94. The Kier molecular flexibility index (Phi) is 11.6. The summed E-state index contributed by atoms with van der Waals surface area (Å²) < 4.78 is 9.65. The fourth-order valence-electron chi connectivity index (χ4n) is 7.94. The number of carbonyl (C=O) groups is 4. The number of likely N-dealkylation sites (tertiary alicyclic amines) is 2. The molecule has 2 aromatic heterocycles. The van der Waals surface area contributed by atoms with Crippen LogP contribution in [0.2, 0.25) is 0 Å². The van der Waals surface area contributed by atoms with Crippen LogP contribution in [0.25, 0.3) is 22.3 Å². The van der Waals surface area contributed by atoms with Gasteiger partial charge < -0.3 is 39.9 Å². The number of hydrogen-bond acceptors (Lipinski definition) is 8. The Balaban J connectivity index is 0.950. The minimum Gasteiger partial charge on any atom is -0.453 e. The van der Waals surface area contributed by atoms with Gasteiger partial charge in [0.15, 0.2) is 0 Å². The fraction of sp³-hybridized carbons (Fsp3) is 0.234. The summed E-state index contributed by atoms with van der Waals surface area (Å²) in [7, 11) is 2.54. The summed E-state index contributed by atoms with van der Waals surface area (Å²) in [4.78, 5) is 72.2. The SMILES string of the molecule is C=C1C[C@@H](c2ncc(-c3ccc(C#Cc4ccc5nc([C@@H]6CCCN6C(=O)[C@H](NC(=O)OC)c6ccccc6)[nH]c5c4)cc3)[nH]2)N(C(=O)[C@H](NC(=O)OC)c2ccccc2)C1. The molecule has 4 aromatic carbocycles. The van der Waals surface area contributed by atoms with Gasteiger partial charge in [0.2, 0.25) is 0 Å². The van der Waals surface area contributed by atoms with E-state index in [1.807, 2.05) is 91.0 Å². The molecule has 2 fully saturated rings. The second kappa shape index (κ2) is 17.7. The highest BCUT2D eigenvalue weighted by molar-refractivity contribution is 5.88. The van der Waals surface area contributed by atoms with Crippen LogP contribution in [-0.4, -0.2) is 81.0 Å². The molecule has 0 aliphatic carbocycles. The minimum absolute atomic E-state index is 0.229. The van der Waals surface area contributed by atoms with Crippen molar-refractivity contribution in [1.82, 2.24) is 40.4 Å². The van der Waals surface area contributed by atoms with Gasteiger partial charge in [-0.05, 0) is 66.3 Å². The molecule has 14 nitrogen and oxygen atoms in total. The first-order valence-electron chi connectivity index (χ1n) is 19.9. The largest absolute Gasteiger partial charge is 0.453 e. The standard InChI is InChI=1S/C47H44N8O6/c1-29-25-39(55(28-29)45(57)41(53-47(59)61-3)34-13-8-5-9-14-34)42-48-27-37(51-42)32-21-18-30(19-22-32)16-17-31-20-23-35-36(26-31)50-43(49-35)38-15-10-24-54(38)44(56)40(52-46(58)60-2)33-11-6-4-7-12-33/h4-9,11-14,18-23,26-27,38-41H,1,10,15,24-25,28H2,2-3H3,(H,48,51)(H,49,50)(H,52,58)(H,53,59)/t38-,39-,40+,41+/m0/s1. The van der Waals surface area contributed by atoms with E-state index in [4.69, 9.17) is 14.5 Å². The van der Waals surface area contributed by atoms with Crippen LogP contribution in [-0.2, 0) is 19.1 Å². The number of imidazole rings is 2. The Labute approximate surface area is 352 Å². The van der Waals surface area contributed by atoms with Gasteiger partial charge >= 0.3 is 12.2 Å². The molecule has 4 heterocycles. The zero-order chi connectivity index (χ0) is 42.5. The summed E-state index contributed by atoms with van der Waals surface area (Å²) in [5.41, 5.74) is 7.05. The summed E-state index contributed by atoms with van der Waals surface area (Å²) >= 11 is 0. The maximum Gasteiger partial charge on any atom is 0.407 e. The lowest BCUT2D eigenvalue weighted by Gasteiger charge is -2.28. The Morgan fingerprint density at radius 1 is 0.754 bits per heavy atom. The van der Waals surface area contributed by atoms with Crippen molar-refractivity contribution < 1.29 is 28.7 Å². The molecule has 0 bridgehead atoms. The van der Waals surface area contributed by atoms with Gasteiger partial charge in [0.25, 0.3) is 11.8 Å². The maximum absolute atomic E-state index is 14.0. The molecule has 0 spiro atoms. The van der Waals surface area contributed by atoms with Gasteiger partial charge in [-0.25, -0.2) is 19.6 Å². The van der Waals surface area contributed by atoms with Crippen molar-refractivity contribution in [3.8, 4) is 23.1 Å². The van der Waals surface area contributed by atoms with Crippen LogP contribution in [0.4, 0.5) is 9.59 Å². The number of aromatic nitrogens is 4. The first-order chi connectivity index (χ1) is 29.7. The lowest BCUT2D eigenvalue weighted by atomic mass is 10.0. The quantitative estimate of drug-likeness (QED) is 0.0888. The molecule has 4 N–H and O–H groups in total. The van der Waals surface area contributed by atoms with Crippen LogP contribution in [0.5, 0.6) is 0 Å². The van der Waals surface area contributed by atoms with Gasteiger partial charge in [0.1, 0.15) is 23.7 Å². The third-order valence-corrected chi connectivity index (χ3v) is 11.0. The molecule has 0 saturated carbocycles. The van der Waals surface area contributed by atoms with Crippen molar-refractivity contribution in [2.24, 2.45) is 0 Å². The molecule has 6 aromatic rings. The molecule has 308 valence electrons. The Morgan fingerprint density at radius 2 is 1.36 bits per heavy atom. The minimum atomic E-state index is -0.943. The van der Waals surface area contributed by atoms with E-state index in [1.54, 1.807) is 28.1 Å². The van der Waals surface area contributed by atoms with E-state index in [9.17, 15) is 19.2 Å². The topological polar surface area (TPSA) is 175 Å². The highest BCUT2D eigenvalue weighted by atomic mass is 16.5. The monoisotopic (exact) mass is 816 g/mol. The molecular weight excluding hydrogens is 773 g/mol. The third-order valence-electron chi connectivity index (χ3n) is 11.0. The number of benzene rings is 4. The Morgan fingerprint density at radius 3 is 2.00 bits per heavy atom. The smallest absolute Gasteiger partial charge is 0.407 e. The second-order valence-corrected chi connectivity index (χ2v) is 14.9. The number of H-pyrrole nitrogens is 2. The zero-order valence-electron chi connectivity index (χ0n) is 33.7. The third kappa shape index (κ3) is 8.72. The van der Waals surface area contributed by atoms with E-state index < -0.39 is 30.3 Å². The first-order valence-corrected chi connectivity index (χ1v) is 19.9. The molecule has 4 atom stereocenters. The zero-order valence-corrected chi connectivity index (χ0v) is 33.7.